The van der Waals surface area contributed by atoms with Gasteiger partial charge in [0.25, 0.3) is 0 Å². The van der Waals surface area contributed by atoms with Crippen LogP contribution in [0.15, 0.2) is 66.7 Å². The number of carbonyl (C=O) groups excluding carboxylic acids is 2. The standard InChI is InChI=1S/C25H22N4O5/c26-12-15-5-3-8-17(11-15)27-24(30)28-20-13-32-23-21(14-33-22(20)23)34-25(31)29-19-10-4-7-16-6-1-2-9-18(16)19/h1-11,20-23H,13-14H2,(H,29,31)(H2,27,28,30)/t20-,21-,22-,23+/m0/s1. The molecule has 0 saturated carbocycles. The summed E-state index contributed by atoms with van der Waals surface area (Å²) in [4.78, 5) is 25.0. The van der Waals surface area contributed by atoms with Crippen LogP contribution >= 0.6 is 0 Å². The van der Waals surface area contributed by atoms with E-state index in [1.807, 2.05) is 48.5 Å². The maximum atomic E-state index is 12.6. The van der Waals surface area contributed by atoms with Crippen LogP contribution in [0.1, 0.15) is 5.56 Å². The van der Waals surface area contributed by atoms with E-state index in [1.54, 1.807) is 24.3 Å². The summed E-state index contributed by atoms with van der Waals surface area (Å²) < 4.78 is 17.2. The molecule has 0 aromatic heterocycles. The lowest BCUT2D eigenvalue weighted by Gasteiger charge is -2.18. The van der Waals surface area contributed by atoms with Crippen LogP contribution in [0.2, 0.25) is 0 Å². The van der Waals surface area contributed by atoms with E-state index < -0.39 is 36.5 Å². The first-order chi connectivity index (χ1) is 16.6. The van der Waals surface area contributed by atoms with Gasteiger partial charge in [0.2, 0.25) is 0 Å². The molecule has 5 rings (SSSR count). The number of amides is 3. The number of nitrogens with one attached hydrogen (secondary N) is 3. The normalized spacial score (nSPS) is 23.0. The van der Waals surface area contributed by atoms with Crippen molar-refractivity contribution < 1.29 is 23.8 Å². The minimum Gasteiger partial charge on any atom is -0.441 e. The molecule has 2 fully saturated rings. The van der Waals surface area contributed by atoms with E-state index in [2.05, 4.69) is 16.0 Å². The number of urea groups is 1. The summed E-state index contributed by atoms with van der Waals surface area (Å²) in [7, 11) is 0. The highest BCUT2D eigenvalue weighted by Gasteiger charge is 2.50. The molecule has 2 aliphatic heterocycles. The molecule has 0 spiro atoms. The van der Waals surface area contributed by atoms with E-state index in [-0.39, 0.29) is 13.2 Å². The van der Waals surface area contributed by atoms with Gasteiger partial charge in [0.15, 0.2) is 6.10 Å². The fourth-order valence-corrected chi connectivity index (χ4v) is 4.30. The average molecular weight is 458 g/mol. The van der Waals surface area contributed by atoms with E-state index in [0.717, 1.165) is 10.8 Å². The highest BCUT2D eigenvalue weighted by atomic mass is 16.6. The van der Waals surface area contributed by atoms with Crippen LogP contribution in [0.25, 0.3) is 10.8 Å². The van der Waals surface area contributed by atoms with Crippen molar-refractivity contribution in [3.05, 3.63) is 72.3 Å². The molecule has 172 valence electrons. The number of nitrogens with zero attached hydrogens (tertiary/aromatic N) is 1. The van der Waals surface area contributed by atoms with E-state index in [0.29, 0.717) is 16.9 Å². The highest BCUT2D eigenvalue weighted by molar-refractivity contribution is 6.00. The molecule has 0 bridgehead atoms. The Hall–Kier alpha value is -4.13. The largest absolute Gasteiger partial charge is 0.441 e. The molecule has 3 aromatic carbocycles. The van der Waals surface area contributed by atoms with E-state index in [1.165, 1.54) is 0 Å². The van der Waals surface area contributed by atoms with Gasteiger partial charge < -0.3 is 24.8 Å². The lowest BCUT2D eigenvalue weighted by atomic mass is 10.1. The third-order valence-corrected chi connectivity index (χ3v) is 5.86. The Balaban J connectivity index is 1.16. The minimum absolute atomic E-state index is 0.169. The number of nitriles is 1. The Morgan fingerprint density at radius 1 is 0.941 bits per heavy atom. The zero-order chi connectivity index (χ0) is 23.5. The van der Waals surface area contributed by atoms with Crippen molar-refractivity contribution in [2.45, 2.75) is 24.4 Å². The predicted molar refractivity (Wildman–Crippen MR) is 124 cm³/mol. The average Bonchev–Trinajstić information content (AvgIpc) is 3.42. The summed E-state index contributed by atoms with van der Waals surface area (Å²) in [6.07, 6.45) is -2.11. The fraction of sp³-hybridized carbons (Fsp3) is 0.240. The van der Waals surface area contributed by atoms with Crippen molar-refractivity contribution in [2.75, 3.05) is 23.8 Å². The molecule has 2 aliphatic rings. The third kappa shape index (κ3) is 4.50. The summed E-state index contributed by atoms with van der Waals surface area (Å²) in [5.41, 5.74) is 1.61. The lowest BCUT2D eigenvalue weighted by Crippen LogP contribution is -2.46. The first kappa shape index (κ1) is 21.7. The number of hydrogen-bond donors (Lipinski definition) is 3. The van der Waals surface area contributed by atoms with Crippen molar-refractivity contribution in [3.8, 4) is 6.07 Å². The smallest absolute Gasteiger partial charge is 0.412 e. The molecular formula is C25H22N4O5. The van der Waals surface area contributed by atoms with Gasteiger partial charge >= 0.3 is 12.1 Å². The van der Waals surface area contributed by atoms with Gasteiger partial charge in [-0.1, -0.05) is 42.5 Å². The summed E-state index contributed by atoms with van der Waals surface area (Å²) >= 11 is 0. The van der Waals surface area contributed by atoms with Crippen molar-refractivity contribution in [1.82, 2.24) is 5.32 Å². The summed E-state index contributed by atoms with van der Waals surface area (Å²) in [6, 6.07) is 21.2. The molecule has 0 radical (unpaired) electrons. The van der Waals surface area contributed by atoms with Crippen LogP contribution in [-0.2, 0) is 14.2 Å². The van der Waals surface area contributed by atoms with Gasteiger partial charge in [0, 0.05) is 11.1 Å². The third-order valence-electron chi connectivity index (χ3n) is 5.86. The summed E-state index contributed by atoms with van der Waals surface area (Å²) in [5, 5.41) is 19.2. The maximum absolute atomic E-state index is 12.6. The molecule has 9 heteroatoms. The van der Waals surface area contributed by atoms with Gasteiger partial charge in [0.05, 0.1) is 36.6 Å². The first-order valence-electron chi connectivity index (χ1n) is 10.9. The Bertz CT molecular complexity index is 1270. The molecule has 34 heavy (non-hydrogen) atoms. The molecule has 9 nitrogen and oxygen atoms in total. The monoisotopic (exact) mass is 458 g/mol. The summed E-state index contributed by atoms with van der Waals surface area (Å²) in [5.74, 6) is 0. The van der Waals surface area contributed by atoms with E-state index in [4.69, 9.17) is 19.5 Å². The number of rotatable bonds is 4. The number of carbonyl (C=O) groups is 2. The predicted octanol–water partition coefficient (Wildman–Crippen LogP) is 3.62. The topological polar surface area (TPSA) is 122 Å². The Morgan fingerprint density at radius 2 is 1.74 bits per heavy atom. The van der Waals surface area contributed by atoms with E-state index >= 15 is 0 Å². The second-order valence-corrected chi connectivity index (χ2v) is 8.09. The number of hydrogen-bond acceptors (Lipinski definition) is 6. The van der Waals surface area contributed by atoms with Crippen molar-refractivity contribution >= 4 is 34.3 Å². The van der Waals surface area contributed by atoms with Crippen molar-refractivity contribution in [1.29, 1.82) is 5.26 Å². The van der Waals surface area contributed by atoms with Gasteiger partial charge in [-0.05, 0) is 29.7 Å². The zero-order valence-electron chi connectivity index (χ0n) is 18.1. The van der Waals surface area contributed by atoms with E-state index in [9.17, 15) is 9.59 Å². The van der Waals surface area contributed by atoms with Crippen molar-refractivity contribution in [3.63, 3.8) is 0 Å². The van der Waals surface area contributed by atoms with Gasteiger partial charge in [-0.3, -0.25) is 5.32 Å². The first-order valence-corrected chi connectivity index (χ1v) is 10.9. The van der Waals surface area contributed by atoms with Gasteiger partial charge in [-0.15, -0.1) is 0 Å². The second kappa shape index (κ2) is 9.39. The number of anilines is 2. The summed E-state index contributed by atoms with van der Waals surface area (Å²) in [6.45, 7) is 0.397. The van der Waals surface area contributed by atoms with Crippen LogP contribution in [0, 0.1) is 11.3 Å². The van der Waals surface area contributed by atoms with Crippen LogP contribution < -0.4 is 16.0 Å². The Morgan fingerprint density at radius 3 is 2.62 bits per heavy atom. The molecule has 3 amide bonds. The quantitative estimate of drug-likeness (QED) is 0.549. The zero-order valence-corrected chi connectivity index (χ0v) is 18.1. The van der Waals surface area contributed by atoms with Gasteiger partial charge in [0.1, 0.15) is 12.2 Å². The second-order valence-electron chi connectivity index (χ2n) is 8.09. The lowest BCUT2D eigenvalue weighted by molar-refractivity contribution is 0.00874. The molecule has 3 aromatic rings. The van der Waals surface area contributed by atoms with Crippen LogP contribution in [0.3, 0.4) is 0 Å². The van der Waals surface area contributed by atoms with Crippen molar-refractivity contribution in [2.24, 2.45) is 0 Å². The minimum atomic E-state index is -0.597. The SMILES string of the molecule is N#Cc1cccc(NC(=O)N[C@H]2CO[C@H]3[C@H]2OC[C@@H]3OC(=O)Nc2cccc3ccccc23)c1. The van der Waals surface area contributed by atoms with Gasteiger partial charge in [-0.25, -0.2) is 9.59 Å². The number of benzene rings is 3. The molecule has 2 saturated heterocycles. The fourth-order valence-electron chi connectivity index (χ4n) is 4.30. The highest BCUT2D eigenvalue weighted by Crippen LogP contribution is 2.30. The number of ether oxygens (including phenoxy) is 3. The molecule has 4 atom stereocenters. The molecular weight excluding hydrogens is 436 g/mol. The van der Waals surface area contributed by atoms with Crippen LogP contribution in [0.4, 0.5) is 21.0 Å². The maximum Gasteiger partial charge on any atom is 0.412 e. The van der Waals surface area contributed by atoms with Crippen LogP contribution in [-0.4, -0.2) is 49.7 Å². The molecule has 3 N–H and O–H groups in total. The molecule has 0 unspecified atom stereocenters. The number of fused-ring (bicyclic) bond motifs is 2. The van der Waals surface area contributed by atoms with Crippen LogP contribution in [0.5, 0.6) is 0 Å². The van der Waals surface area contributed by atoms with Gasteiger partial charge in [-0.2, -0.15) is 5.26 Å². The molecule has 0 aliphatic carbocycles. The Labute approximate surface area is 195 Å². The Kier molecular flexibility index (Phi) is 5.99. The molecule has 2 heterocycles.